The fraction of sp³-hybridized carbons (Fsp3) is 0.167. The molecule has 9 heteroatoms. The molecule has 1 heterocycles. The lowest BCUT2D eigenvalue weighted by Crippen LogP contribution is -2.25. The molecule has 170 valence electrons. The van der Waals surface area contributed by atoms with Gasteiger partial charge in [-0.1, -0.05) is 23.7 Å². The predicted molar refractivity (Wildman–Crippen MR) is 118 cm³/mol. The summed E-state index contributed by atoms with van der Waals surface area (Å²) in [6.07, 6.45) is -4.33. The van der Waals surface area contributed by atoms with E-state index in [0.717, 1.165) is 11.6 Å². The molecule has 3 aromatic carbocycles. The lowest BCUT2D eigenvalue weighted by Gasteiger charge is -2.16. The summed E-state index contributed by atoms with van der Waals surface area (Å²) in [6.45, 7) is 0.0611. The molecule has 1 aromatic heterocycles. The molecule has 0 amide bonds. The van der Waals surface area contributed by atoms with E-state index >= 15 is 0 Å². The van der Waals surface area contributed by atoms with Crippen LogP contribution in [-0.4, -0.2) is 16.7 Å². The van der Waals surface area contributed by atoms with Crippen molar-refractivity contribution in [2.75, 3.05) is 7.11 Å². The van der Waals surface area contributed by atoms with Gasteiger partial charge in [-0.2, -0.15) is 13.2 Å². The first-order chi connectivity index (χ1) is 15.7. The standard InChI is InChI=1S/C24H17ClF4N2O2/c1-33-17-6-2-14(3-7-17)10-11-31-22(18-12-15(24(27,28)29)4-8-20(18)26)30-21-9-5-16(25)13-19(21)23(31)32/h2-9,12-13H,10-11H2,1H3. The Morgan fingerprint density at radius 3 is 2.42 bits per heavy atom. The second-order valence-corrected chi connectivity index (χ2v) is 7.78. The van der Waals surface area contributed by atoms with Gasteiger partial charge in [-0.05, 0) is 60.5 Å². The summed E-state index contributed by atoms with van der Waals surface area (Å²) in [6, 6.07) is 13.6. The van der Waals surface area contributed by atoms with Crippen LogP contribution in [0.1, 0.15) is 11.1 Å². The highest BCUT2D eigenvalue weighted by molar-refractivity contribution is 6.31. The number of methoxy groups -OCH3 is 1. The average Bonchev–Trinajstić information content (AvgIpc) is 2.78. The first kappa shape index (κ1) is 22.8. The molecule has 0 unspecified atom stereocenters. The van der Waals surface area contributed by atoms with E-state index in [9.17, 15) is 22.4 Å². The first-order valence-electron chi connectivity index (χ1n) is 9.87. The van der Waals surface area contributed by atoms with Crippen LogP contribution >= 0.6 is 11.6 Å². The second kappa shape index (κ2) is 8.86. The molecule has 4 rings (SSSR count). The number of fused-ring (bicyclic) bond motifs is 1. The minimum Gasteiger partial charge on any atom is -0.497 e. The van der Waals surface area contributed by atoms with Crippen molar-refractivity contribution < 1.29 is 22.3 Å². The zero-order valence-corrected chi connectivity index (χ0v) is 18.0. The van der Waals surface area contributed by atoms with Gasteiger partial charge in [0.2, 0.25) is 0 Å². The highest BCUT2D eigenvalue weighted by Gasteiger charge is 2.32. The van der Waals surface area contributed by atoms with E-state index in [1.54, 1.807) is 24.3 Å². The van der Waals surface area contributed by atoms with Crippen LogP contribution < -0.4 is 10.3 Å². The van der Waals surface area contributed by atoms with Crippen molar-refractivity contribution in [3.05, 3.63) is 93.0 Å². The van der Waals surface area contributed by atoms with Crippen LogP contribution in [0.15, 0.2) is 65.5 Å². The fourth-order valence-corrected chi connectivity index (χ4v) is 3.68. The zero-order chi connectivity index (χ0) is 23.8. The Labute approximate surface area is 191 Å². The minimum absolute atomic E-state index is 0.0611. The molecule has 0 saturated heterocycles. The van der Waals surface area contributed by atoms with Crippen LogP contribution in [0, 0.1) is 5.82 Å². The summed E-state index contributed by atoms with van der Waals surface area (Å²) >= 11 is 6.02. The molecule has 0 aliphatic heterocycles. The molecular formula is C24H17ClF4N2O2. The molecule has 0 N–H and O–H groups in total. The largest absolute Gasteiger partial charge is 0.497 e. The molecular weight excluding hydrogens is 460 g/mol. The van der Waals surface area contributed by atoms with E-state index in [1.807, 2.05) is 0 Å². The number of aromatic nitrogens is 2. The Kier molecular flexibility index (Phi) is 6.12. The van der Waals surface area contributed by atoms with E-state index < -0.39 is 28.7 Å². The summed E-state index contributed by atoms with van der Waals surface area (Å²) in [5, 5.41) is 0.495. The Balaban J connectivity index is 1.88. The maximum Gasteiger partial charge on any atom is 0.416 e. The van der Waals surface area contributed by atoms with Crippen molar-refractivity contribution in [3.8, 4) is 17.1 Å². The topological polar surface area (TPSA) is 44.1 Å². The molecule has 4 aromatic rings. The summed E-state index contributed by atoms with van der Waals surface area (Å²) in [7, 11) is 1.54. The highest BCUT2D eigenvalue weighted by Crippen LogP contribution is 2.33. The number of alkyl halides is 3. The third-order valence-corrected chi connectivity index (χ3v) is 5.47. The number of aryl methyl sites for hydroxylation is 1. The molecule has 0 bridgehead atoms. The number of ether oxygens (including phenoxy) is 1. The number of benzene rings is 3. The number of rotatable bonds is 5. The molecule has 0 aliphatic rings. The number of hydrogen-bond acceptors (Lipinski definition) is 3. The van der Waals surface area contributed by atoms with Crippen LogP contribution in [-0.2, 0) is 19.1 Å². The van der Waals surface area contributed by atoms with E-state index in [0.29, 0.717) is 29.3 Å². The Hall–Kier alpha value is -3.39. The SMILES string of the molecule is COc1ccc(CCn2c(-c3cc(C(F)(F)F)ccc3F)nc3ccc(Cl)cc3c2=O)cc1. The Morgan fingerprint density at radius 1 is 1.03 bits per heavy atom. The monoisotopic (exact) mass is 476 g/mol. The summed E-state index contributed by atoms with van der Waals surface area (Å²) in [5.41, 5.74) is -0.913. The molecule has 0 atom stereocenters. The first-order valence-corrected chi connectivity index (χ1v) is 10.3. The van der Waals surface area contributed by atoms with Gasteiger partial charge in [-0.3, -0.25) is 9.36 Å². The van der Waals surface area contributed by atoms with Gasteiger partial charge in [-0.15, -0.1) is 0 Å². The zero-order valence-electron chi connectivity index (χ0n) is 17.3. The maximum atomic E-state index is 14.7. The summed E-state index contributed by atoms with van der Waals surface area (Å²) < 4.78 is 60.9. The van der Waals surface area contributed by atoms with Gasteiger partial charge in [-0.25, -0.2) is 9.37 Å². The van der Waals surface area contributed by atoms with Crippen LogP contribution in [0.25, 0.3) is 22.3 Å². The van der Waals surface area contributed by atoms with E-state index in [-0.39, 0.29) is 23.3 Å². The van der Waals surface area contributed by atoms with Crippen molar-refractivity contribution in [2.24, 2.45) is 0 Å². The van der Waals surface area contributed by atoms with Crippen LogP contribution in [0.2, 0.25) is 5.02 Å². The van der Waals surface area contributed by atoms with Gasteiger partial charge in [0.05, 0.1) is 29.1 Å². The van der Waals surface area contributed by atoms with Gasteiger partial charge >= 0.3 is 6.18 Å². The van der Waals surface area contributed by atoms with Crippen LogP contribution in [0.5, 0.6) is 5.75 Å². The lowest BCUT2D eigenvalue weighted by atomic mass is 10.1. The van der Waals surface area contributed by atoms with Gasteiger partial charge in [0.15, 0.2) is 0 Å². The van der Waals surface area contributed by atoms with Crippen molar-refractivity contribution in [3.63, 3.8) is 0 Å². The van der Waals surface area contributed by atoms with Gasteiger partial charge in [0.25, 0.3) is 5.56 Å². The highest BCUT2D eigenvalue weighted by atomic mass is 35.5. The molecule has 0 fully saturated rings. The fourth-order valence-electron chi connectivity index (χ4n) is 3.51. The molecule has 0 saturated carbocycles. The number of hydrogen-bond donors (Lipinski definition) is 0. The van der Waals surface area contributed by atoms with Gasteiger partial charge in [0, 0.05) is 11.6 Å². The Morgan fingerprint density at radius 2 is 1.76 bits per heavy atom. The van der Waals surface area contributed by atoms with Crippen molar-refractivity contribution in [1.82, 2.24) is 9.55 Å². The molecule has 33 heavy (non-hydrogen) atoms. The van der Waals surface area contributed by atoms with E-state index in [1.165, 1.54) is 29.9 Å². The average molecular weight is 477 g/mol. The minimum atomic E-state index is -4.68. The summed E-state index contributed by atoms with van der Waals surface area (Å²) in [5.74, 6) is -0.446. The lowest BCUT2D eigenvalue weighted by molar-refractivity contribution is -0.137. The number of nitrogens with zero attached hydrogens (tertiary/aromatic N) is 2. The normalized spacial score (nSPS) is 11.7. The van der Waals surface area contributed by atoms with Crippen molar-refractivity contribution in [2.45, 2.75) is 19.1 Å². The van der Waals surface area contributed by atoms with E-state index in [4.69, 9.17) is 16.3 Å². The van der Waals surface area contributed by atoms with Crippen LogP contribution in [0.4, 0.5) is 17.6 Å². The van der Waals surface area contributed by atoms with Crippen molar-refractivity contribution >= 4 is 22.5 Å². The summed E-state index contributed by atoms with van der Waals surface area (Å²) in [4.78, 5) is 17.6. The molecule has 0 aliphatic carbocycles. The van der Waals surface area contributed by atoms with Crippen molar-refractivity contribution in [1.29, 1.82) is 0 Å². The van der Waals surface area contributed by atoms with E-state index in [2.05, 4.69) is 4.98 Å². The van der Waals surface area contributed by atoms with Gasteiger partial charge < -0.3 is 4.74 Å². The quantitative estimate of drug-likeness (QED) is 0.326. The molecule has 4 nitrogen and oxygen atoms in total. The number of halogens is 5. The third-order valence-electron chi connectivity index (χ3n) is 5.23. The second-order valence-electron chi connectivity index (χ2n) is 7.34. The third kappa shape index (κ3) is 4.71. The molecule has 0 radical (unpaired) electrons. The van der Waals surface area contributed by atoms with Crippen LogP contribution in [0.3, 0.4) is 0 Å². The smallest absolute Gasteiger partial charge is 0.416 e. The molecule has 0 spiro atoms. The maximum absolute atomic E-state index is 14.7. The van der Waals surface area contributed by atoms with Gasteiger partial charge in [0.1, 0.15) is 17.4 Å². The Bertz CT molecular complexity index is 1380. The predicted octanol–water partition coefficient (Wildman–Crippen LogP) is 6.13.